The van der Waals surface area contributed by atoms with Crippen LogP contribution in [0.25, 0.3) is 0 Å². The van der Waals surface area contributed by atoms with Gasteiger partial charge in [0.1, 0.15) is 4.90 Å². The Morgan fingerprint density at radius 2 is 1.70 bits per heavy atom. The smallest absolute Gasteiger partial charge is 0.294 e. The summed E-state index contributed by atoms with van der Waals surface area (Å²) >= 11 is 0. The molecule has 0 saturated heterocycles. The summed E-state index contributed by atoms with van der Waals surface area (Å²) in [5.41, 5.74) is 1.86. The van der Waals surface area contributed by atoms with Gasteiger partial charge in [-0.1, -0.05) is 36.7 Å². The second kappa shape index (κ2) is 5.03. The van der Waals surface area contributed by atoms with Crippen LogP contribution in [0.5, 0.6) is 0 Å². The first-order valence-electron chi connectivity index (χ1n) is 7.45. The van der Waals surface area contributed by atoms with Crippen molar-refractivity contribution < 1.29 is 17.5 Å². The number of hydrogen-bond acceptors (Lipinski definition) is 5. The number of allylic oxidation sites excluding steroid dienone is 2. The molecule has 23 heavy (non-hydrogen) atoms. The standard InChI is InChI=1S/C17H19NO4S/c1-10-5-7-12(8-6-10)23(20,21)22-18-13-9-11(2)16(19)15-14(13)17(15,3)4/h5-9,14-15H,1-4H3/b18-13-/t14-,15+/m0/s1. The molecule has 1 aromatic rings. The molecule has 1 saturated carbocycles. The first kappa shape index (κ1) is 15.9. The van der Waals surface area contributed by atoms with Crippen LogP contribution in [0.15, 0.2) is 46.0 Å². The van der Waals surface area contributed by atoms with E-state index in [0.717, 1.165) is 5.56 Å². The van der Waals surface area contributed by atoms with Crippen LogP contribution in [0.4, 0.5) is 0 Å². The van der Waals surface area contributed by atoms with E-state index in [1.54, 1.807) is 25.1 Å². The van der Waals surface area contributed by atoms with Gasteiger partial charge in [-0.15, -0.1) is 0 Å². The average molecular weight is 333 g/mol. The van der Waals surface area contributed by atoms with Gasteiger partial charge >= 0.3 is 10.1 Å². The molecule has 0 aliphatic heterocycles. The van der Waals surface area contributed by atoms with E-state index in [0.29, 0.717) is 11.3 Å². The average Bonchev–Trinajstić information content (AvgIpc) is 3.05. The zero-order chi connectivity index (χ0) is 17.0. The number of carbonyl (C=O) groups excluding carboxylic acids is 1. The molecule has 0 spiro atoms. The van der Waals surface area contributed by atoms with Crippen molar-refractivity contribution in [3.05, 3.63) is 41.5 Å². The fourth-order valence-electron chi connectivity index (χ4n) is 3.23. The van der Waals surface area contributed by atoms with E-state index in [2.05, 4.69) is 5.16 Å². The lowest BCUT2D eigenvalue weighted by Crippen LogP contribution is -2.16. The molecular formula is C17H19NO4S. The van der Waals surface area contributed by atoms with Crippen molar-refractivity contribution in [3.8, 4) is 0 Å². The van der Waals surface area contributed by atoms with Gasteiger partial charge in [0.2, 0.25) is 0 Å². The fourth-order valence-corrected chi connectivity index (χ4v) is 3.97. The number of aryl methyl sites for hydroxylation is 1. The lowest BCUT2D eigenvalue weighted by atomic mass is 9.98. The van der Waals surface area contributed by atoms with E-state index in [1.165, 1.54) is 12.1 Å². The van der Waals surface area contributed by atoms with Crippen LogP contribution in [0, 0.1) is 24.2 Å². The zero-order valence-corrected chi connectivity index (χ0v) is 14.3. The molecule has 3 rings (SSSR count). The molecule has 0 unspecified atom stereocenters. The van der Waals surface area contributed by atoms with Gasteiger partial charge in [-0.2, -0.15) is 8.42 Å². The minimum atomic E-state index is -3.95. The molecule has 1 fully saturated rings. The number of hydrogen-bond donors (Lipinski definition) is 0. The van der Waals surface area contributed by atoms with Crippen molar-refractivity contribution in [1.29, 1.82) is 0 Å². The van der Waals surface area contributed by atoms with Crippen LogP contribution in [0.1, 0.15) is 26.3 Å². The monoisotopic (exact) mass is 333 g/mol. The summed E-state index contributed by atoms with van der Waals surface area (Å²) in [4.78, 5) is 12.2. The SMILES string of the molecule is CC1=C/C(=N/OS(=O)(=O)c2ccc(C)cc2)[C@H]2[C@H](C1=O)C2(C)C. The summed E-state index contributed by atoms with van der Waals surface area (Å²) in [5, 5.41) is 3.86. The first-order valence-corrected chi connectivity index (χ1v) is 8.86. The van der Waals surface area contributed by atoms with Crippen LogP contribution in [0.3, 0.4) is 0 Å². The third kappa shape index (κ3) is 2.61. The highest BCUT2D eigenvalue weighted by atomic mass is 32.2. The predicted octanol–water partition coefficient (Wildman–Crippen LogP) is 2.86. The maximum atomic E-state index is 12.2. The summed E-state index contributed by atoms with van der Waals surface area (Å²) in [6.07, 6.45) is 1.63. The Kier molecular flexibility index (Phi) is 3.48. The molecule has 122 valence electrons. The Balaban J connectivity index is 1.88. The molecule has 2 atom stereocenters. The summed E-state index contributed by atoms with van der Waals surface area (Å²) in [7, 11) is -3.95. The van der Waals surface area contributed by atoms with Crippen LogP contribution in [-0.2, 0) is 19.2 Å². The Bertz CT molecular complexity index is 832. The molecule has 2 aliphatic rings. The highest BCUT2D eigenvalue weighted by molar-refractivity contribution is 7.86. The highest BCUT2D eigenvalue weighted by Gasteiger charge is 2.65. The molecule has 0 bridgehead atoms. The van der Waals surface area contributed by atoms with Crippen LogP contribution in [0.2, 0.25) is 0 Å². The van der Waals surface area contributed by atoms with E-state index in [9.17, 15) is 13.2 Å². The normalized spacial score (nSPS) is 27.4. The third-order valence-corrected chi connectivity index (χ3v) is 5.85. The van der Waals surface area contributed by atoms with Crippen molar-refractivity contribution in [1.82, 2.24) is 0 Å². The van der Waals surface area contributed by atoms with Gasteiger partial charge in [-0.3, -0.25) is 9.08 Å². The molecular weight excluding hydrogens is 314 g/mol. The Hall–Kier alpha value is -1.95. The Labute approximate surface area is 136 Å². The number of fused-ring (bicyclic) bond motifs is 1. The quantitative estimate of drug-likeness (QED) is 0.797. The molecule has 1 aromatic carbocycles. The highest BCUT2D eigenvalue weighted by Crippen LogP contribution is 2.61. The molecule has 0 aromatic heterocycles. The van der Waals surface area contributed by atoms with Crippen LogP contribution >= 0.6 is 0 Å². The molecule has 6 heteroatoms. The van der Waals surface area contributed by atoms with Crippen molar-refractivity contribution in [2.24, 2.45) is 22.4 Å². The van der Waals surface area contributed by atoms with E-state index < -0.39 is 10.1 Å². The van der Waals surface area contributed by atoms with Gasteiger partial charge in [-0.25, -0.2) is 0 Å². The predicted molar refractivity (Wildman–Crippen MR) is 86.4 cm³/mol. The Morgan fingerprint density at radius 3 is 2.30 bits per heavy atom. The summed E-state index contributed by atoms with van der Waals surface area (Å²) in [6.45, 7) is 7.56. The molecule has 0 N–H and O–H groups in total. The molecule has 0 amide bonds. The Morgan fingerprint density at radius 1 is 1.09 bits per heavy atom. The third-order valence-electron chi connectivity index (χ3n) is 4.73. The molecule has 5 nitrogen and oxygen atoms in total. The summed E-state index contributed by atoms with van der Waals surface area (Å²) in [5.74, 6) is -0.0933. The van der Waals surface area contributed by atoms with Crippen molar-refractivity contribution in [2.45, 2.75) is 32.6 Å². The van der Waals surface area contributed by atoms with Crippen LogP contribution in [-0.4, -0.2) is 19.9 Å². The van der Waals surface area contributed by atoms with Gasteiger partial charge in [-0.05, 0) is 43.0 Å². The van der Waals surface area contributed by atoms with Crippen molar-refractivity contribution >= 4 is 21.6 Å². The van der Waals surface area contributed by atoms with E-state index in [-0.39, 0.29) is 27.9 Å². The van der Waals surface area contributed by atoms with Gasteiger partial charge in [0, 0.05) is 11.8 Å². The second-order valence-corrected chi connectivity index (χ2v) is 8.35. The van der Waals surface area contributed by atoms with Crippen molar-refractivity contribution in [3.63, 3.8) is 0 Å². The second-order valence-electron chi connectivity index (χ2n) is 6.83. The summed E-state index contributed by atoms with van der Waals surface area (Å²) in [6, 6.07) is 6.37. The zero-order valence-electron chi connectivity index (χ0n) is 13.5. The number of oxime groups is 1. The fraction of sp³-hybridized carbons (Fsp3) is 0.412. The first-order chi connectivity index (χ1) is 10.6. The topological polar surface area (TPSA) is 72.8 Å². The van der Waals surface area contributed by atoms with E-state index >= 15 is 0 Å². The number of carbonyl (C=O) groups is 1. The minimum absolute atomic E-state index is 0.0617. The van der Waals surface area contributed by atoms with Gasteiger partial charge in [0.15, 0.2) is 5.78 Å². The number of nitrogens with zero attached hydrogens (tertiary/aromatic N) is 1. The molecule has 0 radical (unpaired) electrons. The summed E-state index contributed by atoms with van der Waals surface area (Å²) < 4.78 is 29.3. The number of ketones is 1. The maximum Gasteiger partial charge on any atom is 0.358 e. The van der Waals surface area contributed by atoms with E-state index in [1.807, 2.05) is 20.8 Å². The molecule has 0 heterocycles. The van der Waals surface area contributed by atoms with Gasteiger partial charge in [0.05, 0.1) is 5.71 Å². The number of Topliss-reactive ketones (excluding diaryl/α,β-unsaturated/α-hetero) is 1. The van der Waals surface area contributed by atoms with Gasteiger partial charge in [0.25, 0.3) is 0 Å². The maximum absolute atomic E-state index is 12.2. The lowest BCUT2D eigenvalue weighted by molar-refractivity contribution is -0.117. The van der Waals surface area contributed by atoms with Crippen molar-refractivity contribution in [2.75, 3.05) is 0 Å². The lowest BCUT2D eigenvalue weighted by Gasteiger charge is -2.09. The minimum Gasteiger partial charge on any atom is -0.294 e. The van der Waals surface area contributed by atoms with Gasteiger partial charge < -0.3 is 0 Å². The van der Waals surface area contributed by atoms with E-state index in [4.69, 9.17) is 4.28 Å². The number of benzene rings is 1. The largest absolute Gasteiger partial charge is 0.358 e. The molecule has 2 aliphatic carbocycles. The van der Waals surface area contributed by atoms with Crippen LogP contribution < -0.4 is 0 Å². The number of rotatable bonds is 3.